The van der Waals surface area contributed by atoms with Gasteiger partial charge < -0.3 is 20.9 Å². The number of ether oxygens (including phenoxy) is 2. The minimum absolute atomic E-state index is 0.128. The minimum atomic E-state index is -0.324. The second-order valence-corrected chi connectivity index (χ2v) is 5.67. The number of hydrogen-bond donors (Lipinski definition) is 2. The highest BCUT2D eigenvalue weighted by atomic mass is 35.5. The smallest absolute Gasteiger partial charge is 0.222 e. The van der Waals surface area contributed by atoms with E-state index in [2.05, 4.69) is 9.97 Å². The van der Waals surface area contributed by atoms with Gasteiger partial charge in [-0.15, -0.1) is 0 Å². The first kappa shape index (κ1) is 16.3. The van der Waals surface area contributed by atoms with Gasteiger partial charge in [-0.3, -0.25) is 0 Å². The van der Waals surface area contributed by atoms with Gasteiger partial charge in [-0.05, 0) is 29.8 Å². The van der Waals surface area contributed by atoms with E-state index in [-0.39, 0.29) is 17.9 Å². The van der Waals surface area contributed by atoms with Gasteiger partial charge in [0.25, 0.3) is 0 Å². The van der Waals surface area contributed by atoms with Gasteiger partial charge >= 0.3 is 0 Å². The molecule has 7 heteroatoms. The highest BCUT2D eigenvalue weighted by molar-refractivity contribution is 6.30. The Hall–Kier alpha value is -2.57. The van der Waals surface area contributed by atoms with Crippen LogP contribution in [0.25, 0.3) is 10.9 Å². The molecule has 0 bridgehead atoms. The zero-order chi connectivity index (χ0) is 17.1. The molecule has 24 heavy (non-hydrogen) atoms. The lowest BCUT2D eigenvalue weighted by molar-refractivity contribution is 0.0820. The summed E-state index contributed by atoms with van der Waals surface area (Å²) in [7, 11) is 1.62. The van der Waals surface area contributed by atoms with Crippen molar-refractivity contribution in [3.63, 3.8) is 0 Å². The van der Waals surface area contributed by atoms with Crippen molar-refractivity contribution in [1.29, 1.82) is 0 Å². The zero-order valence-corrected chi connectivity index (χ0v) is 13.8. The number of benzene rings is 2. The SMILES string of the molecule is COCC(Oc1cccc2nc(N)nc(N)c12)c1ccc(Cl)cc1. The number of nitrogens with two attached hydrogens (primary N) is 2. The average molecular weight is 345 g/mol. The number of nitrogens with zero attached hydrogens (tertiary/aromatic N) is 2. The van der Waals surface area contributed by atoms with E-state index < -0.39 is 0 Å². The fourth-order valence-corrected chi connectivity index (χ4v) is 2.60. The Kier molecular flexibility index (Phi) is 4.69. The summed E-state index contributed by atoms with van der Waals surface area (Å²) in [4.78, 5) is 8.21. The predicted octanol–water partition coefficient (Wildman–Crippen LogP) is 3.21. The van der Waals surface area contributed by atoms with Crippen molar-refractivity contribution >= 4 is 34.3 Å². The molecule has 0 radical (unpaired) electrons. The summed E-state index contributed by atoms with van der Waals surface area (Å²) in [6.45, 7) is 0.369. The fourth-order valence-electron chi connectivity index (χ4n) is 2.48. The van der Waals surface area contributed by atoms with Crippen molar-refractivity contribution in [3.8, 4) is 5.75 Å². The first-order valence-corrected chi connectivity index (χ1v) is 7.69. The third kappa shape index (κ3) is 3.34. The first-order chi connectivity index (χ1) is 11.6. The Bertz CT molecular complexity index is 855. The summed E-state index contributed by atoms with van der Waals surface area (Å²) in [5, 5.41) is 1.29. The maximum absolute atomic E-state index is 6.15. The molecular weight excluding hydrogens is 328 g/mol. The van der Waals surface area contributed by atoms with E-state index in [0.29, 0.717) is 28.3 Å². The predicted molar refractivity (Wildman–Crippen MR) is 95.1 cm³/mol. The summed E-state index contributed by atoms with van der Waals surface area (Å²) in [5.41, 5.74) is 13.2. The van der Waals surface area contributed by atoms with Crippen molar-refractivity contribution in [2.75, 3.05) is 25.2 Å². The number of rotatable bonds is 5. The maximum Gasteiger partial charge on any atom is 0.222 e. The average Bonchev–Trinajstić information content (AvgIpc) is 2.54. The summed E-state index contributed by atoms with van der Waals surface area (Å²) in [6.07, 6.45) is -0.324. The van der Waals surface area contributed by atoms with Crippen molar-refractivity contribution in [3.05, 3.63) is 53.1 Å². The molecule has 0 spiro atoms. The summed E-state index contributed by atoms with van der Waals surface area (Å²) < 4.78 is 11.4. The third-order valence-electron chi connectivity index (χ3n) is 3.56. The van der Waals surface area contributed by atoms with Gasteiger partial charge in [0, 0.05) is 12.1 Å². The lowest BCUT2D eigenvalue weighted by Crippen LogP contribution is -2.14. The normalized spacial score (nSPS) is 12.2. The molecule has 0 saturated heterocycles. The molecule has 0 amide bonds. The van der Waals surface area contributed by atoms with E-state index >= 15 is 0 Å². The zero-order valence-electron chi connectivity index (χ0n) is 13.1. The van der Waals surface area contributed by atoms with Crippen molar-refractivity contribution in [2.24, 2.45) is 0 Å². The Morgan fingerprint density at radius 3 is 2.54 bits per heavy atom. The van der Waals surface area contributed by atoms with E-state index in [1.54, 1.807) is 7.11 Å². The van der Waals surface area contributed by atoms with E-state index in [1.165, 1.54) is 0 Å². The van der Waals surface area contributed by atoms with Crippen molar-refractivity contribution in [2.45, 2.75) is 6.10 Å². The Labute approximate surface area is 144 Å². The van der Waals surface area contributed by atoms with Gasteiger partial charge in [-0.2, -0.15) is 4.98 Å². The fraction of sp³-hybridized carbons (Fsp3) is 0.176. The van der Waals surface area contributed by atoms with Crippen LogP contribution in [0.4, 0.5) is 11.8 Å². The number of hydrogen-bond acceptors (Lipinski definition) is 6. The van der Waals surface area contributed by atoms with Crippen LogP contribution >= 0.6 is 11.6 Å². The maximum atomic E-state index is 6.15. The monoisotopic (exact) mass is 344 g/mol. The molecular formula is C17H17ClN4O2. The molecule has 3 aromatic rings. The molecule has 1 heterocycles. The number of methoxy groups -OCH3 is 1. The van der Waals surface area contributed by atoms with Crippen molar-refractivity contribution in [1.82, 2.24) is 9.97 Å². The Morgan fingerprint density at radius 1 is 1.08 bits per heavy atom. The molecule has 6 nitrogen and oxygen atoms in total. The third-order valence-corrected chi connectivity index (χ3v) is 3.81. The van der Waals surface area contributed by atoms with Gasteiger partial charge in [0.05, 0.1) is 17.5 Å². The molecule has 0 aliphatic carbocycles. The van der Waals surface area contributed by atoms with Gasteiger partial charge in [0.1, 0.15) is 17.7 Å². The van der Waals surface area contributed by atoms with Crippen LogP contribution in [0.1, 0.15) is 11.7 Å². The topological polar surface area (TPSA) is 96.3 Å². The van der Waals surface area contributed by atoms with Crippen LogP contribution in [0.2, 0.25) is 5.02 Å². The number of nitrogen functional groups attached to an aromatic ring is 2. The molecule has 1 aromatic heterocycles. The molecule has 0 aliphatic heterocycles. The van der Waals surface area contributed by atoms with Crippen LogP contribution < -0.4 is 16.2 Å². The van der Waals surface area contributed by atoms with Crippen LogP contribution in [-0.2, 0) is 4.74 Å². The summed E-state index contributed by atoms with van der Waals surface area (Å²) >= 11 is 5.95. The molecule has 4 N–H and O–H groups in total. The summed E-state index contributed by atoms with van der Waals surface area (Å²) in [5.74, 6) is 0.977. The van der Waals surface area contributed by atoms with Crippen LogP contribution in [0.3, 0.4) is 0 Å². The second kappa shape index (κ2) is 6.90. The van der Waals surface area contributed by atoms with Gasteiger partial charge in [-0.1, -0.05) is 29.8 Å². The molecule has 1 unspecified atom stereocenters. The van der Waals surface area contributed by atoms with Gasteiger partial charge in [0.2, 0.25) is 5.95 Å². The first-order valence-electron chi connectivity index (χ1n) is 7.31. The molecule has 0 aliphatic rings. The van der Waals surface area contributed by atoms with E-state index in [1.807, 2.05) is 42.5 Å². The number of aromatic nitrogens is 2. The number of fused-ring (bicyclic) bond motifs is 1. The van der Waals surface area contributed by atoms with Crippen LogP contribution in [0, 0.1) is 0 Å². The quantitative estimate of drug-likeness (QED) is 0.737. The standard InChI is InChI=1S/C17H17ClN4O2/c1-23-9-14(10-5-7-11(18)8-6-10)24-13-4-2-3-12-15(13)16(19)22-17(20)21-12/h2-8,14H,9H2,1H3,(H4,19,20,21,22). The van der Waals surface area contributed by atoms with Crippen LogP contribution in [-0.4, -0.2) is 23.7 Å². The largest absolute Gasteiger partial charge is 0.482 e. The highest BCUT2D eigenvalue weighted by Crippen LogP contribution is 2.32. The lowest BCUT2D eigenvalue weighted by atomic mass is 10.1. The number of halogens is 1. The molecule has 124 valence electrons. The lowest BCUT2D eigenvalue weighted by Gasteiger charge is -2.20. The Balaban J connectivity index is 2.01. The van der Waals surface area contributed by atoms with E-state index in [4.69, 9.17) is 32.5 Å². The molecule has 1 atom stereocenters. The van der Waals surface area contributed by atoms with Crippen molar-refractivity contribution < 1.29 is 9.47 Å². The molecule has 0 fully saturated rings. The van der Waals surface area contributed by atoms with Gasteiger partial charge in [0.15, 0.2) is 0 Å². The number of anilines is 2. The van der Waals surface area contributed by atoms with Crippen LogP contribution in [0.5, 0.6) is 5.75 Å². The van der Waals surface area contributed by atoms with E-state index in [0.717, 1.165) is 5.56 Å². The Morgan fingerprint density at radius 2 is 1.83 bits per heavy atom. The highest BCUT2D eigenvalue weighted by Gasteiger charge is 2.17. The summed E-state index contributed by atoms with van der Waals surface area (Å²) in [6, 6.07) is 12.9. The van der Waals surface area contributed by atoms with Gasteiger partial charge in [-0.25, -0.2) is 4.98 Å². The second-order valence-electron chi connectivity index (χ2n) is 5.23. The molecule has 2 aromatic carbocycles. The molecule has 0 saturated carbocycles. The minimum Gasteiger partial charge on any atom is -0.482 e. The molecule has 3 rings (SSSR count). The van der Waals surface area contributed by atoms with E-state index in [9.17, 15) is 0 Å². The van der Waals surface area contributed by atoms with Crippen LogP contribution in [0.15, 0.2) is 42.5 Å².